The van der Waals surface area contributed by atoms with Gasteiger partial charge in [0.1, 0.15) is 6.61 Å². The van der Waals surface area contributed by atoms with E-state index in [0.29, 0.717) is 24.7 Å². The fourth-order valence-corrected chi connectivity index (χ4v) is 1.55. The number of rotatable bonds is 8. The van der Waals surface area contributed by atoms with Crippen LogP contribution >= 0.6 is 0 Å². The molecule has 0 saturated carbocycles. The minimum atomic E-state index is -0.185. The molecule has 0 unspecified atom stereocenters. The summed E-state index contributed by atoms with van der Waals surface area (Å²) in [6, 6.07) is 5.59. The number of carbonyl (C=O) groups excluding carboxylic acids is 1. The molecule has 0 saturated heterocycles. The molecule has 1 aromatic carbocycles. The van der Waals surface area contributed by atoms with Crippen LogP contribution in [0.2, 0.25) is 0 Å². The standard InChI is InChI=1S/C14H23N3O3/c1-17(2)6-7-20-12-5-4-11(8-13(12)19-3)10-16-14(18)9-15/h4-5,8H,6-7,9-10,15H2,1-3H3,(H,16,18). The van der Waals surface area contributed by atoms with Gasteiger partial charge in [0.25, 0.3) is 0 Å². The number of nitrogens with one attached hydrogen (secondary N) is 1. The second kappa shape index (κ2) is 8.39. The number of likely N-dealkylation sites (N-methyl/N-ethyl adjacent to an activating group) is 1. The third-order valence-corrected chi connectivity index (χ3v) is 2.70. The fraction of sp³-hybridized carbons (Fsp3) is 0.500. The molecule has 6 heteroatoms. The highest BCUT2D eigenvalue weighted by Crippen LogP contribution is 2.27. The van der Waals surface area contributed by atoms with Crippen LogP contribution in [0.3, 0.4) is 0 Å². The van der Waals surface area contributed by atoms with Crippen LogP contribution in [0.5, 0.6) is 11.5 Å². The Balaban J connectivity index is 2.62. The highest BCUT2D eigenvalue weighted by Gasteiger charge is 2.07. The molecule has 0 atom stereocenters. The second-order valence-corrected chi connectivity index (χ2v) is 4.62. The molecule has 0 bridgehead atoms. The van der Waals surface area contributed by atoms with Gasteiger partial charge in [0.15, 0.2) is 11.5 Å². The average Bonchev–Trinajstić information content (AvgIpc) is 2.45. The van der Waals surface area contributed by atoms with E-state index < -0.39 is 0 Å². The van der Waals surface area contributed by atoms with Crippen LogP contribution in [0.1, 0.15) is 5.56 Å². The molecule has 0 radical (unpaired) electrons. The molecule has 1 aromatic rings. The molecule has 0 fully saturated rings. The molecule has 20 heavy (non-hydrogen) atoms. The lowest BCUT2D eigenvalue weighted by atomic mass is 10.2. The lowest BCUT2D eigenvalue weighted by Crippen LogP contribution is -2.29. The Bertz CT molecular complexity index is 436. The van der Waals surface area contributed by atoms with E-state index in [1.807, 2.05) is 37.2 Å². The molecular weight excluding hydrogens is 258 g/mol. The Morgan fingerprint density at radius 2 is 2.10 bits per heavy atom. The van der Waals surface area contributed by atoms with Gasteiger partial charge < -0.3 is 25.4 Å². The number of methoxy groups -OCH3 is 1. The van der Waals surface area contributed by atoms with Crippen LogP contribution in [0.25, 0.3) is 0 Å². The molecular formula is C14H23N3O3. The Hall–Kier alpha value is -1.79. The van der Waals surface area contributed by atoms with Gasteiger partial charge in [-0.25, -0.2) is 0 Å². The van der Waals surface area contributed by atoms with Crippen LogP contribution in [0.4, 0.5) is 0 Å². The van der Waals surface area contributed by atoms with Crippen LogP contribution in [0.15, 0.2) is 18.2 Å². The minimum absolute atomic E-state index is 0.0110. The topological polar surface area (TPSA) is 76.8 Å². The average molecular weight is 281 g/mol. The Morgan fingerprint density at radius 1 is 1.35 bits per heavy atom. The number of carbonyl (C=O) groups is 1. The Kier molecular flexibility index (Phi) is 6.83. The summed E-state index contributed by atoms with van der Waals surface area (Å²) in [4.78, 5) is 13.2. The van der Waals surface area contributed by atoms with Crippen molar-refractivity contribution in [2.24, 2.45) is 5.73 Å². The summed E-state index contributed by atoms with van der Waals surface area (Å²) in [6.45, 7) is 1.83. The molecule has 1 amide bonds. The predicted octanol–water partition coefficient (Wildman–Crippen LogP) is 0.211. The summed E-state index contributed by atoms with van der Waals surface area (Å²) in [5.41, 5.74) is 6.17. The van der Waals surface area contributed by atoms with Crippen molar-refractivity contribution in [1.29, 1.82) is 0 Å². The van der Waals surface area contributed by atoms with E-state index in [2.05, 4.69) is 5.32 Å². The predicted molar refractivity (Wildman–Crippen MR) is 77.9 cm³/mol. The van der Waals surface area contributed by atoms with Crippen molar-refractivity contribution in [2.45, 2.75) is 6.54 Å². The van der Waals surface area contributed by atoms with Crippen molar-refractivity contribution < 1.29 is 14.3 Å². The van der Waals surface area contributed by atoms with Gasteiger partial charge in [-0.2, -0.15) is 0 Å². The number of nitrogens with zero attached hydrogens (tertiary/aromatic N) is 1. The van der Waals surface area contributed by atoms with Crippen molar-refractivity contribution in [3.8, 4) is 11.5 Å². The molecule has 112 valence electrons. The van der Waals surface area contributed by atoms with Crippen LogP contribution in [0, 0.1) is 0 Å². The van der Waals surface area contributed by atoms with Gasteiger partial charge in [0, 0.05) is 13.1 Å². The lowest BCUT2D eigenvalue weighted by molar-refractivity contribution is -0.119. The third kappa shape index (κ3) is 5.46. The zero-order valence-electron chi connectivity index (χ0n) is 12.3. The first-order valence-electron chi connectivity index (χ1n) is 6.48. The highest BCUT2D eigenvalue weighted by atomic mass is 16.5. The number of hydrogen-bond acceptors (Lipinski definition) is 5. The van der Waals surface area contributed by atoms with Gasteiger partial charge >= 0.3 is 0 Å². The quantitative estimate of drug-likeness (QED) is 0.712. The summed E-state index contributed by atoms with van der Waals surface area (Å²) in [6.07, 6.45) is 0. The summed E-state index contributed by atoms with van der Waals surface area (Å²) in [5, 5.41) is 2.71. The van der Waals surface area contributed by atoms with Gasteiger partial charge in [-0.15, -0.1) is 0 Å². The summed E-state index contributed by atoms with van der Waals surface area (Å²) < 4.78 is 11.0. The van der Waals surface area contributed by atoms with Crippen molar-refractivity contribution >= 4 is 5.91 Å². The molecule has 0 aliphatic carbocycles. The third-order valence-electron chi connectivity index (χ3n) is 2.70. The summed E-state index contributed by atoms with van der Waals surface area (Å²) >= 11 is 0. The van der Waals surface area contributed by atoms with E-state index in [-0.39, 0.29) is 12.5 Å². The number of nitrogens with two attached hydrogens (primary N) is 1. The van der Waals surface area contributed by atoms with Crippen molar-refractivity contribution in [2.75, 3.05) is 40.9 Å². The molecule has 0 aliphatic rings. The summed E-state index contributed by atoms with van der Waals surface area (Å²) in [5.74, 6) is 1.17. The van der Waals surface area contributed by atoms with Crippen LogP contribution < -0.4 is 20.5 Å². The van der Waals surface area contributed by atoms with Gasteiger partial charge in [-0.05, 0) is 31.8 Å². The largest absolute Gasteiger partial charge is 0.493 e. The molecule has 0 heterocycles. The van der Waals surface area contributed by atoms with Crippen molar-refractivity contribution in [3.05, 3.63) is 23.8 Å². The van der Waals surface area contributed by atoms with E-state index in [0.717, 1.165) is 12.1 Å². The van der Waals surface area contributed by atoms with E-state index in [4.69, 9.17) is 15.2 Å². The van der Waals surface area contributed by atoms with E-state index in [1.165, 1.54) is 0 Å². The van der Waals surface area contributed by atoms with Crippen molar-refractivity contribution in [3.63, 3.8) is 0 Å². The summed E-state index contributed by atoms with van der Waals surface area (Å²) in [7, 11) is 5.57. The van der Waals surface area contributed by atoms with Crippen molar-refractivity contribution in [1.82, 2.24) is 10.2 Å². The molecule has 0 aliphatic heterocycles. The zero-order valence-corrected chi connectivity index (χ0v) is 12.3. The van der Waals surface area contributed by atoms with Gasteiger partial charge in [-0.1, -0.05) is 6.07 Å². The minimum Gasteiger partial charge on any atom is -0.493 e. The number of hydrogen-bond donors (Lipinski definition) is 2. The normalized spacial score (nSPS) is 10.4. The molecule has 6 nitrogen and oxygen atoms in total. The molecule has 0 spiro atoms. The van der Waals surface area contributed by atoms with Crippen LogP contribution in [-0.4, -0.2) is 51.7 Å². The van der Waals surface area contributed by atoms with E-state index in [1.54, 1.807) is 7.11 Å². The Morgan fingerprint density at radius 3 is 2.70 bits per heavy atom. The molecule has 1 rings (SSSR count). The zero-order chi connectivity index (χ0) is 15.0. The maximum Gasteiger partial charge on any atom is 0.234 e. The van der Waals surface area contributed by atoms with E-state index >= 15 is 0 Å². The smallest absolute Gasteiger partial charge is 0.234 e. The number of amides is 1. The first-order valence-corrected chi connectivity index (χ1v) is 6.48. The Labute approximate surface area is 119 Å². The second-order valence-electron chi connectivity index (χ2n) is 4.62. The molecule has 3 N–H and O–H groups in total. The maximum atomic E-state index is 11.1. The monoisotopic (exact) mass is 281 g/mol. The van der Waals surface area contributed by atoms with E-state index in [9.17, 15) is 4.79 Å². The lowest BCUT2D eigenvalue weighted by Gasteiger charge is -2.14. The number of ether oxygens (including phenoxy) is 2. The number of benzene rings is 1. The first kappa shape index (κ1) is 16.3. The van der Waals surface area contributed by atoms with Gasteiger partial charge in [0.05, 0.1) is 13.7 Å². The van der Waals surface area contributed by atoms with Crippen LogP contribution in [-0.2, 0) is 11.3 Å². The maximum absolute atomic E-state index is 11.1. The first-order chi connectivity index (χ1) is 9.56. The fourth-order valence-electron chi connectivity index (χ4n) is 1.55. The highest BCUT2D eigenvalue weighted by molar-refractivity contribution is 5.77. The SMILES string of the molecule is COc1cc(CNC(=O)CN)ccc1OCCN(C)C. The van der Waals surface area contributed by atoms with Gasteiger partial charge in [0.2, 0.25) is 5.91 Å². The molecule has 0 aromatic heterocycles. The van der Waals surface area contributed by atoms with Gasteiger partial charge in [-0.3, -0.25) is 4.79 Å².